The number of rotatable bonds is 7. The Bertz CT molecular complexity index is 1170. The van der Waals surface area contributed by atoms with Gasteiger partial charge in [-0.3, -0.25) is 4.79 Å². The van der Waals surface area contributed by atoms with Crippen molar-refractivity contribution in [2.45, 2.75) is 25.5 Å². The van der Waals surface area contributed by atoms with Crippen molar-refractivity contribution in [2.24, 2.45) is 0 Å². The lowest BCUT2D eigenvalue weighted by Gasteiger charge is -2.08. The van der Waals surface area contributed by atoms with Gasteiger partial charge in [0.2, 0.25) is 5.91 Å². The van der Waals surface area contributed by atoms with E-state index in [1.165, 1.54) is 11.8 Å². The highest BCUT2D eigenvalue weighted by Crippen LogP contribution is 2.24. The topological polar surface area (TPSA) is 85.6 Å². The first-order valence-corrected chi connectivity index (χ1v) is 10.9. The maximum absolute atomic E-state index is 12.4. The number of aromatic nitrogens is 5. The summed E-state index contributed by atoms with van der Waals surface area (Å²) in [5, 5.41) is 12.2. The van der Waals surface area contributed by atoms with Gasteiger partial charge in [0.1, 0.15) is 0 Å². The highest BCUT2D eigenvalue weighted by Gasteiger charge is 2.15. The molecule has 0 radical (unpaired) electrons. The Labute approximate surface area is 185 Å². The summed E-state index contributed by atoms with van der Waals surface area (Å²) in [6, 6.07) is 17.9. The van der Waals surface area contributed by atoms with E-state index in [9.17, 15) is 4.79 Å². The van der Waals surface area contributed by atoms with Crippen molar-refractivity contribution >= 4 is 23.4 Å². The van der Waals surface area contributed by atoms with Gasteiger partial charge in [-0.2, -0.15) is 0 Å². The van der Waals surface area contributed by atoms with E-state index in [-0.39, 0.29) is 11.7 Å². The number of benzene rings is 2. The number of amides is 1. The van der Waals surface area contributed by atoms with E-state index in [4.69, 9.17) is 0 Å². The normalized spacial score (nSPS) is 10.8. The molecule has 2 heterocycles. The van der Waals surface area contributed by atoms with Gasteiger partial charge in [-0.1, -0.05) is 65.9 Å². The molecule has 0 saturated carbocycles. The van der Waals surface area contributed by atoms with Crippen molar-refractivity contribution in [1.29, 1.82) is 0 Å². The molecule has 1 amide bonds. The zero-order valence-corrected chi connectivity index (χ0v) is 18.1. The van der Waals surface area contributed by atoms with Crippen molar-refractivity contribution < 1.29 is 4.79 Å². The third-order valence-corrected chi connectivity index (χ3v) is 5.58. The van der Waals surface area contributed by atoms with Crippen molar-refractivity contribution in [1.82, 2.24) is 24.7 Å². The average molecular weight is 431 g/mol. The maximum atomic E-state index is 12.4. The quantitative estimate of drug-likeness (QED) is 0.436. The highest BCUT2D eigenvalue weighted by molar-refractivity contribution is 7.99. The van der Waals surface area contributed by atoms with Gasteiger partial charge < -0.3 is 9.88 Å². The number of nitrogens with one attached hydrogen (secondary N) is 1. The smallest absolute Gasteiger partial charge is 0.234 e. The lowest BCUT2D eigenvalue weighted by Crippen LogP contribution is -2.15. The predicted molar refractivity (Wildman–Crippen MR) is 123 cm³/mol. The Morgan fingerprint density at radius 2 is 1.74 bits per heavy atom. The first kappa shape index (κ1) is 20.7. The number of nitrogens with zero attached hydrogens (tertiary/aromatic N) is 5. The Balaban J connectivity index is 1.39. The van der Waals surface area contributed by atoms with E-state index in [2.05, 4.69) is 31.5 Å². The minimum atomic E-state index is -0.149. The third-order valence-electron chi connectivity index (χ3n) is 4.61. The van der Waals surface area contributed by atoms with E-state index >= 15 is 0 Å². The van der Waals surface area contributed by atoms with Crippen LogP contribution in [0.1, 0.15) is 12.5 Å². The van der Waals surface area contributed by atoms with Crippen molar-refractivity contribution in [2.75, 3.05) is 11.1 Å². The second kappa shape index (κ2) is 9.53. The van der Waals surface area contributed by atoms with Crippen LogP contribution >= 0.6 is 11.8 Å². The SMILES string of the molecule is CCn1c(SCC(=O)Nc2cnc(-c3ccccc3)nc2)nnc1-c1cccc(C)c1. The molecule has 2 aromatic carbocycles. The monoisotopic (exact) mass is 430 g/mol. The third kappa shape index (κ3) is 4.97. The van der Waals surface area contributed by atoms with Gasteiger partial charge >= 0.3 is 0 Å². The molecular formula is C23H22N6OS. The van der Waals surface area contributed by atoms with Crippen LogP contribution in [0, 0.1) is 6.92 Å². The number of aryl methyl sites for hydroxylation is 1. The number of thioether (sulfide) groups is 1. The number of anilines is 1. The molecule has 156 valence electrons. The van der Waals surface area contributed by atoms with Crippen LogP contribution in [0.4, 0.5) is 5.69 Å². The minimum Gasteiger partial charge on any atom is -0.323 e. The number of carbonyl (C=O) groups excluding carboxylic acids is 1. The Morgan fingerprint density at radius 1 is 1.00 bits per heavy atom. The Kier molecular flexibility index (Phi) is 6.37. The van der Waals surface area contributed by atoms with Gasteiger partial charge in [0.05, 0.1) is 23.8 Å². The van der Waals surface area contributed by atoms with Crippen LogP contribution in [-0.2, 0) is 11.3 Å². The van der Waals surface area contributed by atoms with Gasteiger partial charge in [-0.05, 0) is 19.9 Å². The molecule has 31 heavy (non-hydrogen) atoms. The van der Waals surface area contributed by atoms with Gasteiger partial charge in [-0.25, -0.2) is 9.97 Å². The van der Waals surface area contributed by atoms with Gasteiger partial charge in [-0.15, -0.1) is 10.2 Å². The van der Waals surface area contributed by atoms with Crippen LogP contribution in [-0.4, -0.2) is 36.4 Å². The Morgan fingerprint density at radius 3 is 2.45 bits per heavy atom. The second-order valence-corrected chi connectivity index (χ2v) is 7.86. The highest BCUT2D eigenvalue weighted by atomic mass is 32.2. The molecule has 0 spiro atoms. The van der Waals surface area contributed by atoms with E-state index in [0.29, 0.717) is 16.7 Å². The molecule has 0 bridgehead atoms. The van der Waals surface area contributed by atoms with Crippen molar-refractivity contribution in [3.8, 4) is 22.8 Å². The minimum absolute atomic E-state index is 0.149. The molecule has 7 nitrogen and oxygen atoms in total. The molecule has 8 heteroatoms. The zero-order valence-electron chi connectivity index (χ0n) is 17.3. The first-order valence-electron chi connectivity index (χ1n) is 9.94. The second-order valence-electron chi connectivity index (χ2n) is 6.92. The van der Waals surface area contributed by atoms with E-state index in [1.54, 1.807) is 12.4 Å². The molecule has 2 aromatic heterocycles. The van der Waals surface area contributed by atoms with E-state index in [1.807, 2.05) is 66.9 Å². The molecule has 0 aliphatic rings. The number of hydrogen-bond donors (Lipinski definition) is 1. The van der Waals surface area contributed by atoms with Crippen molar-refractivity contribution in [3.05, 3.63) is 72.6 Å². The fourth-order valence-electron chi connectivity index (χ4n) is 3.13. The standard InChI is InChI=1S/C23H22N6OS/c1-3-29-22(18-11-7-8-16(2)12-18)27-28-23(29)31-15-20(30)26-19-13-24-21(25-14-19)17-9-5-4-6-10-17/h4-14H,3,15H2,1-2H3,(H,26,30). The van der Waals surface area contributed by atoms with E-state index < -0.39 is 0 Å². The molecule has 0 fully saturated rings. The fourth-order valence-corrected chi connectivity index (χ4v) is 3.94. The maximum Gasteiger partial charge on any atom is 0.234 e. The summed E-state index contributed by atoms with van der Waals surface area (Å²) in [6.45, 7) is 4.81. The van der Waals surface area contributed by atoms with Crippen LogP contribution in [0.2, 0.25) is 0 Å². The first-order chi connectivity index (χ1) is 15.1. The van der Waals surface area contributed by atoms with Crippen LogP contribution in [0.3, 0.4) is 0 Å². The summed E-state index contributed by atoms with van der Waals surface area (Å²) in [6.07, 6.45) is 3.23. The summed E-state index contributed by atoms with van der Waals surface area (Å²) in [5.41, 5.74) is 3.67. The van der Waals surface area contributed by atoms with Crippen molar-refractivity contribution in [3.63, 3.8) is 0 Å². The number of carbonyl (C=O) groups is 1. The predicted octanol–water partition coefficient (Wildman–Crippen LogP) is 4.46. The summed E-state index contributed by atoms with van der Waals surface area (Å²) >= 11 is 1.36. The van der Waals surface area contributed by atoms with Crippen LogP contribution in [0.5, 0.6) is 0 Å². The lowest BCUT2D eigenvalue weighted by atomic mass is 10.1. The molecule has 0 saturated heterocycles. The summed E-state index contributed by atoms with van der Waals surface area (Å²) < 4.78 is 2.02. The molecule has 0 aliphatic carbocycles. The Hall–Kier alpha value is -3.52. The largest absolute Gasteiger partial charge is 0.323 e. The molecule has 4 aromatic rings. The molecule has 0 unspecified atom stereocenters. The molecule has 1 N–H and O–H groups in total. The molecule has 0 aliphatic heterocycles. The zero-order chi connectivity index (χ0) is 21.6. The van der Waals surface area contributed by atoms with Crippen LogP contribution in [0.25, 0.3) is 22.8 Å². The molecule has 4 rings (SSSR count). The molecular weight excluding hydrogens is 408 g/mol. The van der Waals surface area contributed by atoms with Gasteiger partial charge in [0, 0.05) is 17.7 Å². The fraction of sp³-hybridized carbons (Fsp3) is 0.174. The van der Waals surface area contributed by atoms with Crippen LogP contribution < -0.4 is 5.32 Å². The summed E-state index contributed by atoms with van der Waals surface area (Å²) in [4.78, 5) is 21.1. The average Bonchev–Trinajstić information content (AvgIpc) is 3.22. The van der Waals surface area contributed by atoms with Crippen LogP contribution in [0.15, 0.2) is 72.1 Å². The van der Waals surface area contributed by atoms with Gasteiger partial charge in [0.15, 0.2) is 16.8 Å². The van der Waals surface area contributed by atoms with Gasteiger partial charge in [0.25, 0.3) is 0 Å². The lowest BCUT2D eigenvalue weighted by molar-refractivity contribution is -0.113. The summed E-state index contributed by atoms with van der Waals surface area (Å²) in [7, 11) is 0. The molecule has 0 atom stereocenters. The summed E-state index contributed by atoms with van der Waals surface area (Å²) in [5.74, 6) is 1.49. The van der Waals surface area contributed by atoms with E-state index in [0.717, 1.165) is 29.1 Å². The number of hydrogen-bond acceptors (Lipinski definition) is 6.